The van der Waals surface area contributed by atoms with Crippen LogP contribution in [0.4, 0.5) is 0 Å². The summed E-state index contributed by atoms with van der Waals surface area (Å²) in [6.07, 6.45) is 7.35. The number of hydrogen-bond donors (Lipinski definition) is 1. The molecule has 4 nitrogen and oxygen atoms in total. The Bertz CT molecular complexity index is 673. The van der Waals surface area contributed by atoms with Crippen molar-refractivity contribution in [2.45, 2.75) is 13.0 Å². The van der Waals surface area contributed by atoms with Crippen molar-refractivity contribution in [1.82, 2.24) is 14.4 Å². The third-order valence-electron chi connectivity index (χ3n) is 3.08. The van der Waals surface area contributed by atoms with Gasteiger partial charge in [-0.3, -0.25) is 4.98 Å². The molecule has 0 aliphatic heterocycles. The highest BCUT2D eigenvalue weighted by Gasteiger charge is 2.13. The molecule has 90 valence electrons. The second-order valence-electron chi connectivity index (χ2n) is 4.37. The Morgan fingerprint density at radius 2 is 2.00 bits per heavy atom. The quantitative estimate of drug-likeness (QED) is 0.743. The lowest BCUT2D eigenvalue weighted by molar-refractivity contribution is 0.812. The first-order valence-electron chi connectivity index (χ1n) is 5.85. The largest absolute Gasteiger partial charge is 0.319 e. The van der Waals surface area contributed by atoms with E-state index in [2.05, 4.69) is 23.0 Å². The van der Waals surface area contributed by atoms with E-state index in [0.717, 1.165) is 16.9 Å². The van der Waals surface area contributed by atoms with Crippen LogP contribution in [0.15, 0.2) is 49.1 Å². The van der Waals surface area contributed by atoms with Crippen LogP contribution < -0.4 is 5.73 Å². The van der Waals surface area contributed by atoms with Crippen LogP contribution in [-0.2, 0) is 0 Å². The monoisotopic (exact) mass is 238 g/mol. The molecule has 1 unspecified atom stereocenters. The summed E-state index contributed by atoms with van der Waals surface area (Å²) in [5, 5.41) is 0. The van der Waals surface area contributed by atoms with Gasteiger partial charge in [-0.15, -0.1) is 0 Å². The van der Waals surface area contributed by atoms with Crippen molar-refractivity contribution in [1.29, 1.82) is 0 Å². The molecule has 0 fully saturated rings. The molecule has 3 aromatic heterocycles. The summed E-state index contributed by atoms with van der Waals surface area (Å²) in [6, 6.07) is 7.77. The number of rotatable bonds is 2. The van der Waals surface area contributed by atoms with Gasteiger partial charge in [0, 0.05) is 18.6 Å². The number of hydrogen-bond acceptors (Lipinski definition) is 3. The number of imidazole rings is 1. The summed E-state index contributed by atoms with van der Waals surface area (Å²) in [6.45, 7) is 2.05. The van der Waals surface area contributed by atoms with Crippen LogP contribution >= 0.6 is 0 Å². The van der Waals surface area contributed by atoms with E-state index in [9.17, 15) is 0 Å². The van der Waals surface area contributed by atoms with Gasteiger partial charge in [0.05, 0.1) is 17.9 Å². The van der Waals surface area contributed by atoms with E-state index in [1.54, 1.807) is 12.4 Å². The molecule has 3 heterocycles. The van der Waals surface area contributed by atoms with Gasteiger partial charge in [-0.2, -0.15) is 0 Å². The maximum atomic E-state index is 6.28. The zero-order chi connectivity index (χ0) is 12.5. The predicted octanol–water partition coefficient (Wildman–Crippen LogP) is 2.09. The van der Waals surface area contributed by atoms with Crippen molar-refractivity contribution >= 4 is 5.65 Å². The van der Waals surface area contributed by atoms with E-state index in [0.29, 0.717) is 0 Å². The standard InChI is InChI=1S/C14H14N4/c1-10-4-7-18-12(9-17-13(18)8-10)14(15)11-2-5-16-6-3-11/h2-9,14H,15H2,1H3. The maximum absolute atomic E-state index is 6.28. The van der Waals surface area contributed by atoms with Crippen LogP contribution in [0, 0.1) is 6.92 Å². The van der Waals surface area contributed by atoms with Crippen molar-refractivity contribution in [3.05, 3.63) is 65.9 Å². The molecule has 18 heavy (non-hydrogen) atoms. The van der Waals surface area contributed by atoms with Gasteiger partial charge in [0.25, 0.3) is 0 Å². The van der Waals surface area contributed by atoms with Gasteiger partial charge < -0.3 is 10.1 Å². The molecule has 3 aromatic rings. The van der Waals surface area contributed by atoms with Gasteiger partial charge in [-0.25, -0.2) is 4.98 Å². The van der Waals surface area contributed by atoms with Crippen molar-refractivity contribution in [3.63, 3.8) is 0 Å². The van der Waals surface area contributed by atoms with Crippen molar-refractivity contribution in [2.75, 3.05) is 0 Å². The molecular formula is C14H14N4. The Labute approximate surface area is 105 Å². The number of nitrogens with zero attached hydrogens (tertiary/aromatic N) is 3. The third-order valence-corrected chi connectivity index (χ3v) is 3.08. The molecule has 0 bridgehead atoms. The Balaban J connectivity index is 2.10. The molecular weight excluding hydrogens is 224 g/mol. The summed E-state index contributed by atoms with van der Waals surface area (Å²) < 4.78 is 2.03. The fourth-order valence-corrected chi connectivity index (χ4v) is 2.07. The minimum absolute atomic E-state index is 0.189. The lowest BCUT2D eigenvalue weighted by atomic mass is 10.1. The number of nitrogens with two attached hydrogens (primary N) is 1. The highest BCUT2D eigenvalue weighted by molar-refractivity contribution is 5.44. The van der Waals surface area contributed by atoms with E-state index < -0.39 is 0 Å². The number of pyridine rings is 2. The first-order chi connectivity index (χ1) is 8.75. The summed E-state index contributed by atoms with van der Waals surface area (Å²) in [7, 11) is 0. The van der Waals surface area contributed by atoms with E-state index in [-0.39, 0.29) is 6.04 Å². The summed E-state index contributed by atoms with van der Waals surface area (Å²) >= 11 is 0. The van der Waals surface area contributed by atoms with Crippen LogP contribution in [0.3, 0.4) is 0 Å². The minimum atomic E-state index is -0.189. The molecule has 0 amide bonds. The second kappa shape index (κ2) is 4.23. The average molecular weight is 238 g/mol. The first kappa shape index (κ1) is 10.9. The lowest BCUT2D eigenvalue weighted by Gasteiger charge is -2.11. The summed E-state index contributed by atoms with van der Waals surface area (Å²) in [5.74, 6) is 0. The predicted molar refractivity (Wildman–Crippen MR) is 70.2 cm³/mol. The third kappa shape index (κ3) is 1.76. The number of aromatic nitrogens is 3. The van der Waals surface area contributed by atoms with Gasteiger partial charge in [0.2, 0.25) is 0 Å². The second-order valence-corrected chi connectivity index (χ2v) is 4.37. The fraction of sp³-hybridized carbons (Fsp3) is 0.143. The minimum Gasteiger partial charge on any atom is -0.319 e. The van der Waals surface area contributed by atoms with Crippen molar-refractivity contribution in [2.24, 2.45) is 5.73 Å². The zero-order valence-corrected chi connectivity index (χ0v) is 10.1. The molecule has 4 heteroatoms. The Morgan fingerprint density at radius 3 is 2.78 bits per heavy atom. The number of fused-ring (bicyclic) bond motifs is 1. The number of aryl methyl sites for hydroxylation is 1. The van der Waals surface area contributed by atoms with Crippen LogP contribution in [0.25, 0.3) is 5.65 Å². The van der Waals surface area contributed by atoms with Crippen LogP contribution in [-0.4, -0.2) is 14.4 Å². The Morgan fingerprint density at radius 1 is 1.22 bits per heavy atom. The maximum Gasteiger partial charge on any atom is 0.137 e. The van der Waals surface area contributed by atoms with E-state index in [1.807, 2.05) is 35.0 Å². The smallest absolute Gasteiger partial charge is 0.137 e. The van der Waals surface area contributed by atoms with Crippen LogP contribution in [0.1, 0.15) is 22.9 Å². The van der Waals surface area contributed by atoms with Gasteiger partial charge >= 0.3 is 0 Å². The zero-order valence-electron chi connectivity index (χ0n) is 10.1. The van der Waals surface area contributed by atoms with Crippen LogP contribution in [0.5, 0.6) is 0 Å². The molecule has 0 aliphatic rings. The van der Waals surface area contributed by atoms with Gasteiger partial charge in [-0.05, 0) is 42.3 Å². The molecule has 0 saturated heterocycles. The SMILES string of the molecule is Cc1ccn2c(C(N)c3ccncc3)cnc2c1. The lowest BCUT2D eigenvalue weighted by Crippen LogP contribution is -2.14. The molecule has 0 saturated carbocycles. The first-order valence-corrected chi connectivity index (χ1v) is 5.85. The molecule has 0 radical (unpaired) electrons. The summed E-state index contributed by atoms with van der Waals surface area (Å²) in [4.78, 5) is 8.40. The van der Waals surface area contributed by atoms with E-state index in [4.69, 9.17) is 5.73 Å². The van der Waals surface area contributed by atoms with Crippen molar-refractivity contribution < 1.29 is 0 Å². The van der Waals surface area contributed by atoms with E-state index >= 15 is 0 Å². The molecule has 3 rings (SSSR count). The van der Waals surface area contributed by atoms with Gasteiger partial charge in [0.1, 0.15) is 5.65 Å². The molecule has 0 spiro atoms. The summed E-state index contributed by atoms with van der Waals surface area (Å²) in [5.41, 5.74) is 10.4. The Hall–Kier alpha value is -2.20. The molecule has 2 N–H and O–H groups in total. The van der Waals surface area contributed by atoms with Crippen LogP contribution in [0.2, 0.25) is 0 Å². The van der Waals surface area contributed by atoms with Gasteiger partial charge in [-0.1, -0.05) is 0 Å². The molecule has 0 aromatic carbocycles. The molecule has 1 atom stereocenters. The van der Waals surface area contributed by atoms with Crippen molar-refractivity contribution in [3.8, 4) is 0 Å². The van der Waals surface area contributed by atoms with Gasteiger partial charge in [0.15, 0.2) is 0 Å². The van der Waals surface area contributed by atoms with E-state index in [1.165, 1.54) is 5.56 Å². The highest BCUT2D eigenvalue weighted by Crippen LogP contribution is 2.20. The average Bonchev–Trinajstić information content (AvgIpc) is 2.81. The topological polar surface area (TPSA) is 56.2 Å². The molecule has 0 aliphatic carbocycles. The normalized spacial score (nSPS) is 12.8. The highest BCUT2D eigenvalue weighted by atomic mass is 15.0. The Kier molecular flexibility index (Phi) is 2.57. The fourth-order valence-electron chi connectivity index (χ4n) is 2.07.